The van der Waals surface area contributed by atoms with E-state index in [0.717, 1.165) is 24.4 Å². The van der Waals surface area contributed by atoms with Crippen LogP contribution in [0.4, 0.5) is 5.69 Å². The second kappa shape index (κ2) is 7.58. The number of carbonyl (C=O) groups is 1. The van der Waals surface area contributed by atoms with Gasteiger partial charge in [0, 0.05) is 32.7 Å². The third-order valence-corrected chi connectivity index (χ3v) is 2.56. The van der Waals surface area contributed by atoms with Gasteiger partial charge in [0.25, 0.3) is 0 Å². The molecule has 1 N–H and O–H groups in total. The molecule has 1 aromatic carbocycles. The highest BCUT2D eigenvalue weighted by atomic mass is 16.5. The van der Waals surface area contributed by atoms with Crippen molar-refractivity contribution in [3.8, 4) is 5.75 Å². The van der Waals surface area contributed by atoms with Crippen LogP contribution in [-0.4, -0.2) is 38.1 Å². The number of ether oxygens (including phenoxy) is 1. The van der Waals surface area contributed by atoms with Gasteiger partial charge in [0.1, 0.15) is 5.75 Å². The third kappa shape index (κ3) is 5.08. The van der Waals surface area contributed by atoms with E-state index >= 15 is 0 Å². The molecule has 4 nitrogen and oxygen atoms in total. The van der Waals surface area contributed by atoms with Crippen molar-refractivity contribution in [3.05, 3.63) is 24.3 Å². The zero-order chi connectivity index (χ0) is 13.4. The lowest BCUT2D eigenvalue weighted by atomic mass is 10.2. The Hall–Kier alpha value is -1.71. The Morgan fingerprint density at radius 1 is 1.28 bits per heavy atom. The van der Waals surface area contributed by atoms with Crippen molar-refractivity contribution in [3.63, 3.8) is 0 Å². The highest BCUT2D eigenvalue weighted by Crippen LogP contribution is 2.15. The highest BCUT2D eigenvalue weighted by Gasteiger charge is 2.02. The lowest BCUT2D eigenvalue weighted by Crippen LogP contribution is -2.21. The summed E-state index contributed by atoms with van der Waals surface area (Å²) in [6.07, 6.45) is 1.42. The Bertz CT molecular complexity index is 361. The minimum Gasteiger partial charge on any atom is -0.494 e. The van der Waals surface area contributed by atoms with E-state index in [9.17, 15) is 4.79 Å². The SMILES string of the molecule is CCOc1ccc(NCCCC(=O)N(C)C)cc1. The molecule has 0 saturated carbocycles. The largest absolute Gasteiger partial charge is 0.494 e. The molecular formula is C14H22N2O2. The van der Waals surface area contributed by atoms with E-state index in [2.05, 4.69) is 5.32 Å². The van der Waals surface area contributed by atoms with Crippen LogP contribution in [0, 0.1) is 0 Å². The van der Waals surface area contributed by atoms with E-state index in [-0.39, 0.29) is 5.91 Å². The molecule has 4 heteroatoms. The third-order valence-electron chi connectivity index (χ3n) is 2.56. The molecule has 100 valence electrons. The molecule has 0 fully saturated rings. The Kier molecular flexibility index (Phi) is 6.05. The van der Waals surface area contributed by atoms with Gasteiger partial charge in [-0.3, -0.25) is 4.79 Å². The van der Waals surface area contributed by atoms with Crippen molar-refractivity contribution in [2.75, 3.05) is 32.6 Å². The van der Waals surface area contributed by atoms with Crippen LogP contribution in [0.5, 0.6) is 5.75 Å². The minimum absolute atomic E-state index is 0.170. The second-order valence-corrected chi connectivity index (χ2v) is 4.28. The molecule has 0 bridgehead atoms. The van der Waals surface area contributed by atoms with Gasteiger partial charge >= 0.3 is 0 Å². The van der Waals surface area contributed by atoms with Crippen LogP contribution in [0.2, 0.25) is 0 Å². The second-order valence-electron chi connectivity index (χ2n) is 4.28. The summed E-state index contributed by atoms with van der Waals surface area (Å²) in [5, 5.41) is 3.28. The van der Waals surface area contributed by atoms with E-state index in [1.54, 1.807) is 19.0 Å². The smallest absolute Gasteiger partial charge is 0.222 e. The summed E-state index contributed by atoms with van der Waals surface area (Å²) >= 11 is 0. The molecule has 0 aliphatic carbocycles. The van der Waals surface area contributed by atoms with E-state index in [4.69, 9.17) is 4.74 Å². The minimum atomic E-state index is 0.170. The molecule has 1 amide bonds. The molecule has 0 heterocycles. The van der Waals surface area contributed by atoms with Crippen LogP contribution in [0.15, 0.2) is 24.3 Å². The number of carbonyl (C=O) groups excluding carboxylic acids is 1. The van der Waals surface area contributed by atoms with E-state index in [1.165, 1.54) is 0 Å². The molecule has 0 atom stereocenters. The van der Waals surface area contributed by atoms with E-state index in [1.807, 2.05) is 31.2 Å². The topological polar surface area (TPSA) is 41.6 Å². The molecule has 1 rings (SSSR count). The number of hydrogen-bond acceptors (Lipinski definition) is 3. The van der Waals surface area contributed by atoms with Gasteiger partial charge < -0.3 is 15.0 Å². The fourth-order valence-electron chi connectivity index (χ4n) is 1.53. The van der Waals surface area contributed by atoms with E-state index < -0.39 is 0 Å². The monoisotopic (exact) mass is 250 g/mol. The summed E-state index contributed by atoms with van der Waals surface area (Å²) in [6, 6.07) is 7.85. The maximum Gasteiger partial charge on any atom is 0.222 e. The molecule has 0 aromatic heterocycles. The average Bonchev–Trinajstić information content (AvgIpc) is 2.36. The summed E-state index contributed by atoms with van der Waals surface area (Å²) in [5.74, 6) is 1.05. The van der Waals surface area contributed by atoms with Crippen molar-refractivity contribution in [1.82, 2.24) is 4.90 Å². The highest BCUT2D eigenvalue weighted by molar-refractivity contribution is 5.75. The fraction of sp³-hybridized carbons (Fsp3) is 0.500. The summed E-state index contributed by atoms with van der Waals surface area (Å²) < 4.78 is 5.37. The predicted octanol–water partition coefficient (Wildman–Crippen LogP) is 2.37. The summed E-state index contributed by atoms with van der Waals surface area (Å²) in [6.45, 7) is 3.45. The summed E-state index contributed by atoms with van der Waals surface area (Å²) in [7, 11) is 3.56. The van der Waals surface area contributed by atoms with Crippen LogP contribution in [-0.2, 0) is 4.79 Å². The van der Waals surface area contributed by atoms with Gasteiger partial charge in [-0.25, -0.2) is 0 Å². The Labute approximate surface area is 109 Å². The molecule has 0 radical (unpaired) electrons. The predicted molar refractivity (Wildman–Crippen MR) is 74.0 cm³/mol. The summed E-state index contributed by atoms with van der Waals surface area (Å²) in [5.41, 5.74) is 1.05. The molecule has 0 saturated heterocycles. The van der Waals surface area contributed by atoms with Crippen LogP contribution in [0.1, 0.15) is 19.8 Å². The van der Waals surface area contributed by atoms with Crippen molar-refractivity contribution in [1.29, 1.82) is 0 Å². The lowest BCUT2D eigenvalue weighted by Gasteiger charge is -2.11. The number of rotatable bonds is 7. The Balaban J connectivity index is 2.25. The van der Waals surface area contributed by atoms with Crippen molar-refractivity contribution in [2.45, 2.75) is 19.8 Å². The lowest BCUT2D eigenvalue weighted by molar-refractivity contribution is -0.128. The van der Waals surface area contributed by atoms with Crippen LogP contribution in [0.3, 0.4) is 0 Å². The van der Waals surface area contributed by atoms with Gasteiger partial charge in [0.2, 0.25) is 5.91 Å². The van der Waals surface area contributed by atoms with Crippen LogP contribution in [0.25, 0.3) is 0 Å². The first-order chi connectivity index (χ1) is 8.63. The molecule has 18 heavy (non-hydrogen) atoms. The number of nitrogens with one attached hydrogen (secondary N) is 1. The zero-order valence-electron chi connectivity index (χ0n) is 11.4. The van der Waals surface area contributed by atoms with Crippen molar-refractivity contribution >= 4 is 11.6 Å². The van der Waals surface area contributed by atoms with Gasteiger partial charge in [-0.05, 0) is 37.6 Å². The first-order valence-corrected chi connectivity index (χ1v) is 6.30. The van der Waals surface area contributed by atoms with Gasteiger partial charge in [-0.15, -0.1) is 0 Å². The van der Waals surface area contributed by atoms with E-state index in [0.29, 0.717) is 13.0 Å². The van der Waals surface area contributed by atoms with Gasteiger partial charge in [0.15, 0.2) is 0 Å². The number of amides is 1. The first-order valence-electron chi connectivity index (χ1n) is 6.30. The van der Waals surface area contributed by atoms with Gasteiger partial charge in [-0.2, -0.15) is 0 Å². The molecular weight excluding hydrogens is 228 g/mol. The van der Waals surface area contributed by atoms with Crippen LogP contribution >= 0.6 is 0 Å². The first kappa shape index (κ1) is 14.4. The van der Waals surface area contributed by atoms with Gasteiger partial charge in [0.05, 0.1) is 6.61 Å². The number of anilines is 1. The maximum atomic E-state index is 11.4. The normalized spacial score (nSPS) is 9.94. The standard InChI is InChI=1S/C14H22N2O2/c1-4-18-13-9-7-12(8-10-13)15-11-5-6-14(17)16(2)3/h7-10,15H,4-6,11H2,1-3H3. The molecule has 0 aliphatic rings. The number of hydrogen-bond donors (Lipinski definition) is 1. The molecule has 0 aliphatic heterocycles. The number of benzene rings is 1. The van der Waals surface area contributed by atoms with Crippen molar-refractivity contribution < 1.29 is 9.53 Å². The quantitative estimate of drug-likeness (QED) is 0.755. The molecule has 0 spiro atoms. The molecule has 1 aromatic rings. The fourth-order valence-corrected chi connectivity index (χ4v) is 1.53. The Morgan fingerprint density at radius 3 is 2.50 bits per heavy atom. The number of nitrogens with zero attached hydrogens (tertiary/aromatic N) is 1. The molecule has 0 unspecified atom stereocenters. The average molecular weight is 250 g/mol. The van der Waals surface area contributed by atoms with Crippen LogP contribution < -0.4 is 10.1 Å². The maximum absolute atomic E-state index is 11.4. The summed E-state index contributed by atoms with van der Waals surface area (Å²) in [4.78, 5) is 13.0. The Morgan fingerprint density at radius 2 is 1.94 bits per heavy atom. The van der Waals surface area contributed by atoms with Crippen molar-refractivity contribution in [2.24, 2.45) is 0 Å². The zero-order valence-corrected chi connectivity index (χ0v) is 11.4. The van der Waals surface area contributed by atoms with Gasteiger partial charge in [-0.1, -0.05) is 0 Å².